The summed E-state index contributed by atoms with van der Waals surface area (Å²) >= 11 is 5.85. The highest BCUT2D eigenvalue weighted by Crippen LogP contribution is 2.28. The normalized spacial score (nSPS) is 17.0. The standard InChI is InChI=1S/C15H18ClNO3/c1-10(11-4-6-12(16)7-5-11)13(18)15(2,3)17-8-9-20-14(17)19/h4-7,10H,8-9H2,1-3H3/t10-/m0/s1. The van der Waals surface area contributed by atoms with Gasteiger partial charge in [-0.2, -0.15) is 0 Å². The van der Waals surface area contributed by atoms with Gasteiger partial charge in [0.2, 0.25) is 0 Å². The number of nitrogens with zero attached hydrogens (tertiary/aromatic N) is 1. The van der Waals surface area contributed by atoms with Crippen molar-refractivity contribution >= 4 is 23.5 Å². The third-order valence-electron chi connectivity index (χ3n) is 3.80. The Morgan fingerprint density at radius 3 is 2.45 bits per heavy atom. The molecular formula is C15H18ClNO3. The van der Waals surface area contributed by atoms with Gasteiger partial charge < -0.3 is 4.74 Å². The summed E-state index contributed by atoms with van der Waals surface area (Å²) in [5, 5.41) is 0.635. The lowest BCUT2D eigenvalue weighted by molar-refractivity contribution is -0.128. The number of hydrogen-bond donors (Lipinski definition) is 0. The topological polar surface area (TPSA) is 46.6 Å². The lowest BCUT2D eigenvalue weighted by Crippen LogP contribution is -2.52. The lowest BCUT2D eigenvalue weighted by Gasteiger charge is -2.34. The summed E-state index contributed by atoms with van der Waals surface area (Å²) in [4.78, 5) is 25.9. The Morgan fingerprint density at radius 1 is 1.35 bits per heavy atom. The number of cyclic esters (lactones) is 1. The molecule has 0 bridgehead atoms. The number of benzene rings is 1. The predicted molar refractivity (Wildman–Crippen MR) is 77.0 cm³/mol. The summed E-state index contributed by atoms with van der Waals surface area (Å²) in [5.41, 5.74) is 0.00662. The highest BCUT2D eigenvalue weighted by Gasteiger charge is 2.43. The fourth-order valence-corrected chi connectivity index (χ4v) is 2.59. The fourth-order valence-electron chi connectivity index (χ4n) is 2.47. The van der Waals surface area contributed by atoms with Crippen LogP contribution in [0.5, 0.6) is 0 Å². The van der Waals surface area contributed by atoms with Gasteiger partial charge in [-0.1, -0.05) is 30.7 Å². The van der Waals surface area contributed by atoms with Crippen LogP contribution in [-0.2, 0) is 9.53 Å². The Kier molecular flexibility index (Phi) is 4.04. The van der Waals surface area contributed by atoms with Gasteiger partial charge in [0.25, 0.3) is 0 Å². The van der Waals surface area contributed by atoms with Gasteiger partial charge in [-0.05, 0) is 31.5 Å². The first-order valence-electron chi connectivity index (χ1n) is 6.58. The zero-order valence-electron chi connectivity index (χ0n) is 11.9. The van der Waals surface area contributed by atoms with Crippen LogP contribution in [0.2, 0.25) is 5.02 Å². The summed E-state index contributed by atoms with van der Waals surface area (Å²) in [6.07, 6.45) is -0.424. The molecule has 0 radical (unpaired) electrons. The number of rotatable bonds is 4. The smallest absolute Gasteiger partial charge is 0.410 e. The quantitative estimate of drug-likeness (QED) is 0.856. The largest absolute Gasteiger partial charge is 0.448 e. The van der Waals surface area contributed by atoms with Crippen LogP contribution < -0.4 is 0 Å². The molecule has 0 saturated carbocycles. The van der Waals surface area contributed by atoms with Gasteiger partial charge >= 0.3 is 6.09 Å². The van der Waals surface area contributed by atoms with Crippen molar-refractivity contribution in [1.29, 1.82) is 0 Å². The zero-order chi connectivity index (χ0) is 14.9. The van der Waals surface area contributed by atoms with E-state index in [-0.39, 0.29) is 11.7 Å². The van der Waals surface area contributed by atoms with Gasteiger partial charge in [0.05, 0.1) is 12.1 Å². The zero-order valence-corrected chi connectivity index (χ0v) is 12.6. The van der Waals surface area contributed by atoms with E-state index in [1.807, 2.05) is 19.1 Å². The van der Waals surface area contributed by atoms with Gasteiger partial charge in [-0.3, -0.25) is 9.69 Å². The summed E-state index contributed by atoms with van der Waals surface area (Å²) in [6, 6.07) is 7.20. The van der Waals surface area contributed by atoms with E-state index in [2.05, 4.69) is 0 Å². The van der Waals surface area contributed by atoms with E-state index in [4.69, 9.17) is 16.3 Å². The number of Topliss-reactive ketones (excluding diaryl/α,β-unsaturated/α-hetero) is 1. The molecule has 1 saturated heterocycles. The molecular weight excluding hydrogens is 278 g/mol. The first kappa shape index (κ1) is 14.9. The van der Waals surface area contributed by atoms with Crippen LogP contribution in [0.25, 0.3) is 0 Å². The number of carbonyl (C=O) groups is 2. The molecule has 5 heteroatoms. The fraction of sp³-hybridized carbons (Fsp3) is 0.467. The highest BCUT2D eigenvalue weighted by molar-refractivity contribution is 6.30. The van der Waals surface area contributed by atoms with Gasteiger partial charge in [0, 0.05) is 10.9 Å². The molecule has 0 aromatic heterocycles. The number of halogens is 1. The van der Waals surface area contributed by atoms with Crippen molar-refractivity contribution in [3.05, 3.63) is 34.9 Å². The van der Waals surface area contributed by atoms with Crippen molar-refractivity contribution in [2.45, 2.75) is 32.2 Å². The molecule has 1 amide bonds. The van der Waals surface area contributed by atoms with E-state index >= 15 is 0 Å². The molecule has 108 valence electrons. The Hall–Kier alpha value is -1.55. The van der Waals surface area contributed by atoms with Crippen molar-refractivity contribution in [3.8, 4) is 0 Å². The predicted octanol–water partition coefficient (Wildman–Crippen LogP) is 3.24. The number of ether oxygens (including phenoxy) is 1. The SMILES string of the molecule is C[C@H](C(=O)C(C)(C)N1CCOC1=O)c1ccc(Cl)cc1. The van der Waals surface area contributed by atoms with Gasteiger partial charge in [0.15, 0.2) is 5.78 Å². The minimum absolute atomic E-state index is 0.0151. The second kappa shape index (κ2) is 5.44. The number of ketones is 1. The van der Waals surface area contributed by atoms with Crippen LogP contribution in [0, 0.1) is 0 Å². The minimum Gasteiger partial charge on any atom is -0.448 e. The average Bonchev–Trinajstić information content (AvgIpc) is 2.85. The van der Waals surface area contributed by atoms with Crippen LogP contribution in [0.1, 0.15) is 32.3 Å². The van der Waals surface area contributed by atoms with Crippen molar-refractivity contribution in [1.82, 2.24) is 4.90 Å². The summed E-state index contributed by atoms with van der Waals surface area (Å²) in [6.45, 7) is 6.15. The van der Waals surface area contributed by atoms with Crippen molar-refractivity contribution in [2.24, 2.45) is 0 Å². The summed E-state index contributed by atoms with van der Waals surface area (Å²) in [7, 11) is 0. The first-order valence-corrected chi connectivity index (χ1v) is 6.96. The average molecular weight is 296 g/mol. The molecule has 1 fully saturated rings. The molecule has 0 N–H and O–H groups in total. The molecule has 1 heterocycles. The summed E-state index contributed by atoms with van der Waals surface area (Å²) in [5.74, 6) is -0.325. The first-order chi connectivity index (χ1) is 9.34. The van der Waals surface area contributed by atoms with E-state index in [1.54, 1.807) is 26.0 Å². The monoisotopic (exact) mass is 295 g/mol. The summed E-state index contributed by atoms with van der Waals surface area (Å²) < 4.78 is 4.92. The molecule has 20 heavy (non-hydrogen) atoms. The van der Waals surface area contributed by atoms with Crippen molar-refractivity contribution in [2.75, 3.05) is 13.2 Å². The van der Waals surface area contributed by atoms with E-state index in [0.717, 1.165) is 5.56 Å². The van der Waals surface area contributed by atoms with Crippen LogP contribution in [-0.4, -0.2) is 35.5 Å². The molecule has 0 spiro atoms. The molecule has 1 aliphatic heterocycles. The maximum atomic E-state index is 12.7. The second-order valence-electron chi connectivity index (χ2n) is 5.46. The highest BCUT2D eigenvalue weighted by atomic mass is 35.5. The van der Waals surface area contributed by atoms with Crippen LogP contribution >= 0.6 is 11.6 Å². The molecule has 1 aliphatic rings. The van der Waals surface area contributed by atoms with Crippen LogP contribution in [0.15, 0.2) is 24.3 Å². The van der Waals surface area contributed by atoms with Crippen molar-refractivity contribution in [3.63, 3.8) is 0 Å². The Labute approximate surface area is 123 Å². The molecule has 0 unspecified atom stereocenters. The number of hydrogen-bond acceptors (Lipinski definition) is 3. The van der Waals surface area contributed by atoms with Crippen LogP contribution in [0.3, 0.4) is 0 Å². The third kappa shape index (κ3) is 2.66. The minimum atomic E-state index is -0.882. The lowest BCUT2D eigenvalue weighted by atomic mass is 9.84. The second-order valence-corrected chi connectivity index (χ2v) is 5.90. The Bertz CT molecular complexity index is 524. The third-order valence-corrected chi connectivity index (χ3v) is 4.05. The molecule has 4 nitrogen and oxygen atoms in total. The molecule has 1 atom stereocenters. The van der Waals surface area contributed by atoms with Crippen LogP contribution in [0.4, 0.5) is 4.79 Å². The van der Waals surface area contributed by atoms with Gasteiger partial charge in [-0.15, -0.1) is 0 Å². The van der Waals surface area contributed by atoms with Gasteiger partial charge in [-0.25, -0.2) is 4.79 Å². The van der Waals surface area contributed by atoms with Crippen molar-refractivity contribution < 1.29 is 14.3 Å². The van der Waals surface area contributed by atoms with Gasteiger partial charge in [0.1, 0.15) is 6.61 Å². The molecule has 0 aliphatic carbocycles. The maximum Gasteiger partial charge on any atom is 0.410 e. The molecule has 2 rings (SSSR count). The van der Waals surface area contributed by atoms with E-state index in [1.165, 1.54) is 4.90 Å². The maximum absolute atomic E-state index is 12.7. The molecule has 1 aromatic rings. The Morgan fingerprint density at radius 2 is 1.95 bits per heavy atom. The Balaban J connectivity index is 2.21. The number of carbonyl (C=O) groups excluding carboxylic acids is 2. The van der Waals surface area contributed by atoms with E-state index in [9.17, 15) is 9.59 Å². The molecule has 1 aromatic carbocycles. The van der Waals surface area contributed by atoms with E-state index < -0.39 is 11.6 Å². The van der Waals surface area contributed by atoms with E-state index in [0.29, 0.717) is 18.2 Å². The number of amides is 1.